The van der Waals surface area contributed by atoms with Crippen LogP contribution < -0.4 is 20.3 Å². The van der Waals surface area contributed by atoms with Crippen LogP contribution in [0.25, 0.3) is 0 Å². The molecule has 14 nitrogen and oxygen atoms in total. The molecule has 3 heterocycles. The van der Waals surface area contributed by atoms with E-state index in [9.17, 15) is 24.6 Å². The highest BCUT2D eigenvalue weighted by Gasteiger charge is 2.58. The number of nitrogens with zero attached hydrogens (tertiary/aromatic N) is 5. The number of carbonyl (C=O) groups excluding carboxylic acids is 3. The molecule has 5 atom stereocenters. The average molecular weight is 528 g/mol. The number of quaternary nitrogens is 1. The normalized spacial score (nSPS) is 25.6. The van der Waals surface area contributed by atoms with Crippen molar-refractivity contribution in [2.24, 2.45) is 10.7 Å². The van der Waals surface area contributed by atoms with Crippen LogP contribution >= 0.6 is 0 Å². The second-order valence-corrected chi connectivity index (χ2v) is 8.87. The maximum atomic E-state index is 13.3. The van der Waals surface area contributed by atoms with Crippen molar-refractivity contribution in [2.75, 3.05) is 38.6 Å². The Balaban J connectivity index is 1.71. The van der Waals surface area contributed by atoms with Gasteiger partial charge in [-0.25, -0.2) is 4.98 Å². The van der Waals surface area contributed by atoms with Crippen molar-refractivity contribution in [1.82, 2.24) is 19.4 Å². The Morgan fingerprint density at radius 1 is 1.24 bits per heavy atom. The van der Waals surface area contributed by atoms with Crippen molar-refractivity contribution < 1.29 is 34.1 Å². The summed E-state index contributed by atoms with van der Waals surface area (Å²) in [5.74, 6) is -0.164. The summed E-state index contributed by atoms with van der Waals surface area (Å²) in [6, 6.07) is 6.44. The number of hydrogen-bond acceptors (Lipinski definition) is 11. The van der Waals surface area contributed by atoms with Gasteiger partial charge in [-0.15, -0.1) is 0 Å². The fourth-order valence-corrected chi connectivity index (χ4v) is 4.47. The van der Waals surface area contributed by atoms with E-state index >= 15 is 0 Å². The van der Waals surface area contributed by atoms with E-state index in [4.69, 9.17) is 15.2 Å². The van der Waals surface area contributed by atoms with Crippen LogP contribution in [0.1, 0.15) is 17.3 Å². The molecule has 1 aromatic heterocycles. The topological polar surface area (TPSA) is 190 Å². The number of nitrogens with two attached hydrogens (primary N) is 1. The first-order valence-corrected chi connectivity index (χ1v) is 11.8. The number of aliphatic hydroxyl groups excluding tert-OH is 2. The molecule has 1 unspecified atom stereocenters. The summed E-state index contributed by atoms with van der Waals surface area (Å²) in [6.45, 7) is 1.11. The molecule has 2 aliphatic heterocycles. The van der Waals surface area contributed by atoms with E-state index in [0.717, 1.165) is 0 Å². The summed E-state index contributed by atoms with van der Waals surface area (Å²) in [6.07, 6.45) is -0.327. The molecule has 2 aliphatic rings. The lowest BCUT2D eigenvalue weighted by molar-refractivity contribution is -0.134. The summed E-state index contributed by atoms with van der Waals surface area (Å²) in [4.78, 5) is 51.4. The van der Waals surface area contributed by atoms with E-state index in [1.54, 1.807) is 37.5 Å². The first-order chi connectivity index (χ1) is 18.2. The van der Waals surface area contributed by atoms with Gasteiger partial charge >= 0.3 is 0 Å². The molecule has 0 aliphatic carbocycles. The third-order valence-electron chi connectivity index (χ3n) is 6.51. The van der Waals surface area contributed by atoms with E-state index < -0.39 is 40.8 Å². The first-order valence-electron chi connectivity index (χ1n) is 11.8. The maximum Gasteiger partial charge on any atom is 0.279 e. The van der Waals surface area contributed by atoms with Crippen molar-refractivity contribution in [3.63, 3.8) is 0 Å². The molecule has 4 rings (SSSR count). The molecule has 201 valence electrons. The number of aliphatic imine (C=N–C) groups is 1. The van der Waals surface area contributed by atoms with Crippen LogP contribution in [-0.2, 0) is 14.3 Å². The third kappa shape index (κ3) is 4.99. The van der Waals surface area contributed by atoms with Crippen molar-refractivity contribution >= 4 is 41.8 Å². The smallest absolute Gasteiger partial charge is 0.279 e. The first kappa shape index (κ1) is 27.2. The standard InChI is InChI=1S/C24H28N7O7/c1-14-19(34)20(35)24(38-14)31(11-17(33)30(8-7-25)9-10-32)13-28-18-21(26-12-27-22(18)31)29-23(36)15-3-5-16(37-2)6-4-15/h3-6,12-14,19-20,24,34-35H,7-9,11,25H2,1-2H3/p+1/t14-,19-,20-,24-,31?/m1/s1. The van der Waals surface area contributed by atoms with Crippen LogP contribution in [0, 0.1) is 0 Å². The zero-order valence-electron chi connectivity index (χ0n) is 20.9. The van der Waals surface area contributed by atoms with Gasteiger partial charge in [0.15, 0.2) is 30.5 Å². The lowest BCUT2D eigenvalue weighted by Crippen LogP contribution is -2.63. The summed E-state index contributed by atoms with van der Waals surface area (Å²) in [7, 11) is 1.52. The molecule has 38 heavy (non-hydrogen) atoms. The number of methoxy groups -OCH3 is 1. The molecule has 14 heteroatoms. The molecule has 2 aromatic rings. The van der Waals surface area contributed by atoms with Crippen LogP contribution in [0.15, 0.2) is 35.6 Å². The van der Waals surface area contributed by atoms with Gasteiger partial charge in [0.05, 0.1) is 19.8 Å². The Labute approximate surface area is 218 Å². The summed E-state index contributed by atoms with van der Waals surface area (Å²) in [5, 5.41) is 24.0. The number of nitrogens with one attached hydrogen (secondary N) is 1. The van der Waals surface area contributed by atoms with Gasteiger partial charge in [-0.05, 0) is 31.2 Å². The minimum atomic E-state index is -1.40. The molecule has 1 fully saturated rings. The van der Waals surface area contributed by atoms with E-state index in [2.05, 4.69) is 20.3 Å². The predicted octanol–water partition coefficient (Wildman–Crippen LogP) is -0.918. The molecule has 0 bridgehead atoms. The summed E-state index contributed by atoms with van der Waals surface area (Å²) < 4.78 is 10.5. The van der Waals surface area contributed by atoms with E-state index in [1.807, 2.05) is 0 Å². The van der Waals surface area contributed by atoms with E-state index in [0.29, 0.717) is 11.3 Å². The number of carbonyl (C=O) groups is 2. The fraction of sp³-hybridized carbons (Fsp3) is 0.417. The maximum absolute atomic E-state index is 13.3. The number of anilines is 1. The highest BCUT2D eigenvalue weighted by Crippen LogP contribution is 2.44. The second kappa shape index (κ2) is 11.3. The Hall–Kier alpha value is -3.82. The fourth-order valence-electron chi connectivity index (χ4n) is 4.47. The number of amides is 2. The Kier molecular flexibility index (Phi) is 8.08. The highest BCUT2D eigenvalue weighted by atomic mass is 16.6. The van der Waals surface area contributed by atoms with Crippen LogP contribution in [0.4, 0.5) is 17.3 Å². The van der Waals surface area contributed by atoms with E-state index in [1.165, 1.54) is 24.7 Å². The SMILES string of the molecule is COc1ccc(C(=O)Nc2ncnc3c2N=C[N+]3(CC(=O)N(C[C]=O)CCN)[C@@H]2O[C@H](C)[C@@H](O)[C@H]2O)cc1. The van der Waals surface area contributed by atoms with Crippen molar-refractivity contribution in [3.05, 3.63) is 36.2 Å². The van der Waals surface area contributed by atoms with Gasteiger partial charge in [0, 0.05) is 18.7 Å². The molecular weight excluding hydrogens is 498 g/mol. The molecule has 0 saturated carbocycles. The Morgan fingerprint density at radius 2 is 1.97 bits per heavy atom. The van der Waals surface area contributed by atoms with Crippen LogP contribution in [0.5, 0.6) is 5.75 Å². The number of hydrogen-bond donors (Lipinski definition) is 4. The number of fused-ring (bicyclic) bond motifs is 1. The summed E-state index contributed by atoms with van der Waals surface area (Å²) in [5.41, 5.74) is 6.10. The Bertz CT molecular complexity index is 1230. The zero-order chi connectivity index (χ0) is 27.4. The van der Waals surface area contributed by atoms with Crippen molar-refractivity contribution in [3.8, 4) is 5.75 Å². The number of ether oxygens (including phenoxy) is 2. The van der Waals surface area contributed by atoms with Crippen molar-refractivity contribution in [2.45, 2.75) is 31.5 Å². The summed E-state index contributed by atoms with van der Waals surface area (Å²) >= 11 is 0. The van der Waals surface area contributed by atoms with Gasteiger partial charge in [-0.3, -0.25) is 14.4 Å². The minimum Gasteiger partial charge on any atom is -0.497 e. The molecule has 1 radical (unpaired) electrons. The molecule has 5 N–H and O–H groups in total. The number of rotatable bonds is 10. The van der Waals surface area contributed by atoms with Crippen LogP contribution in [-0.4, -0.2) is 107 Å². The number of benzene rings is 1. The number of aromatic nitrogens is 2. The highest BCUT2D eigenvalue weighted by molar-refractivity contribution is 6.07. The monoisotopic (exact) mass is 527 g/mol. The molecule has 1 aromatic carbocycles. The predicted molar refractivity (Wildman–Crippen MR) is 135 cm³/mol. The van der Waals surface area contributed by atoms with Crippen LogP contribution in [0.2, 0.25) is 0 Å². The van der Waals surface area contributed by atoms with Gasteiger partial charge in [-0.2, -0.15) is 14.5 Å². The Morgan fingerprint density at radius 3 is 2.58 bits per heavy atom. The molecule has 0 spiro atoms. The van der Waals surface area contributed by atoms with Crippen LogP contribution in [0.3, 0.4) is 0 Å². The quantitative estimate of drug-likeness (QED) is 0.281. The van der Waals surface area contributed by atoms with Crippen molar-refractivity contribution in [1.29, 1.82) is 0 Å². The second-order valence-electron chi connectivity index (χ2n) is 8.87. The van der Waals surface area contributed by atoms with Gasteiger partial charge < -0.3 is 35.6 Å². The van der Waals surface area contributed by atoms with Gasteiger partial charge in [0.1, 0.15) is 18.2 Å². The van der Waals surface area contributed by atoms with Gasteiger partial charge in [-0.1, -0.05) is 0 Å². The zero-order valence-corrected chi connectivity index (χ0v) is 20.9. The van der Waals surface area contributed by atoms with E-state index in [-0.39, 0.29) is 43.5 Å². The lowest BCUT2D eigenvalue weighted by Gasteiger charge is -2.36. The average Bonchev–Trinajstić information content (AvgIpc) is 3.42. The number of aliphatic hydroxyl groups is 2. The largest absolute Gasteiger partial charge is 0.497 e. The molecular formula is C24H29N7O7+. The molecule has 2 amide bonds. The molecule has 1 saturated heterocycles. The van der Waals surface area contributed by atoms with Gasteiger partial charge in [0.25, 0.3) is 17.6 Å². The van der Waals surface area contributed by atoms with Gasteiger partial charge in [0.2, 0.25) is 12.5 Å². The lowest BCUT2D eigenvalue weighted by atomic mass is 10.1. The third-order valence-corrected chi connectivity index (χ3v) is 6.51. The minimum absolute atomic E-state index is 0.0700.